The molecular weight excluding hydrogens is 405 g/mol. The maximum absolute atomic E-state index is 13.1. The molecule has 31 heavy (non-hydrogen) atoms. The van der Waals surface area contributed by atoms with Gasteiger partial charge >= 0.3 is 6.18 Å². The molecule has 0 saturated heterocycles. The van der Waals surface area contributed by atoms with Crippen LogP contribution in [0.1, 0.15) is 17.2 Å². The first-order chi connectivity index (χ1) is 14.9. The number of benzene rings is 2. The number of fused-ring (bicyclic) bond motifs is 2. The fourth-order valence-electron chi connectivity index (χ4n) is 4.38. The van der Waals surface area contributed by atoms with Crippen LogP contribution in [0.15, 0.2) is 48.5 Å². The monoisotopic (exact) mass is 428 g/mol. The van der Waals surface area contributed by atoms with E-state index in [1.165, 1.54) is 15.8 Å². The average molecular weight is 428 g/mol. The maximum atomic E-state index is 13.1. The lowest BCUT2D eigenvalue weighted by atomic mass is 10.1. The van der Waals surface area contributed by atoms with Crippen molar-refractivity contribution < 1.29 is 13.2 Å². The zero-order valence-electron chi connectivity index (χ0n) is 17.2. The number of aromatic nitrogens is 3. The molecule has 6 nitrogen and oxygen atoms in total. The van der Waals surface area contributed by atoms with Crippen LogP contribution in [0.5, 0.6) is 0 Å². The van der Waals surface area contributed by atoms with Crippen LogP contribution in [-0.2, 0) is 25.8 Å². The summed E-state index contributed by atoms with van der Waals surface area (Å²) >= 11 is 0. The molecule has 0 N–H and O–H groups in total. The van der Waals surface area contributed by atoms with Crippen molar-refractivity contribution in [2.75, 3.05) is 36.5 Å². The topological polar surface area (TPSA) is 40.4 Å². The van der Waals surface area contributed by atoms with Gasteiger partial charge in [0.15, 0.2) is 5.82 Å². The number of anilines is 3. The fourth-order valence-corrected chi connectivity index (χ4v) is 4.38. The maximum Gasteiger partial charge on any atom is 0.451 e. The van der Waals surface area contributed by atoms with E-state index in [-0.39, 0.29) is 6.54 Å². The second-order valence-corrected chi connectivity index (χ2v) is 8.05. The van der Waals surface area contributed by atoms with Crippen LogP contribution < -0.4 is 9.80 Å². The van der Waals surface area contributed by atoms with Crippen LogP contribution in [-0.4, -0.2) is 46.3 Å². The highest BCUT2D eigenvalue weighted by atomic mass is 19.4. The number of nitrogens with zero attached hydrogens (tertiary/aromatic N) is 6. The predicted octanol–water partition coefficient (Wildman–Crippen LogP) is 3.90. The van der Waals surface area contributed by atoms with E-state index >= 15 is 0 Å². The van der Waals surface area contributed by atoms with Crippen molar-refractivity contribution in [2.24, 2.45) is 0 Å². The molecule has 0 atom stereocenters. The second kappa shape index (κ2) is 7.56. The van der Waals surface area contributed by atoms with Crippen LogP contribution >= 0.6 is 0 Å². The van der Waals surface area contributed by atoms with E-state index < -0.39 is 12.0 Å². The molecule has 0 aliphatic carbocycles. The van der Waals surface area contributed by atoms with Gasteiger partial charge in [-0.3, -0.25) is 0 Å². The van der Waals surface area contributed by atoms with Gasteiger partial charge in [-0.25, -0.2) is 0 Å². The molecule has 3 heterocycles. The van der Waals surface area contributed by atoms with Crippen LogP contribution in [0, 0.1) is 0 Å². The van der Waals surface area contributed by atoms with Crippen molar-refractivity contribution in [2.45, 2.75) is 25.8 Å². The summed E-state index contributed by atoms with van der Waals surface area (Å²) in [5, 5.41) is 7.18. The van der Waals surface area contributed by atoms with Gasteiger partial charge in [0.25, 0.3) is 0 Å². The Bertz CT molecular complexity index is 1080. The van der Waals surface area contributed by atoms with Crippen molar-refractivity contribution in [1.29, 1.82) is 0 Å². The lowest BCUT2D eigenvalue weighted by Crippen LogP contribution is -2.35. The van der Waals surface area contributed by atoms with Gasteiger partial charge in [-0.05, 0) is 42.9 Å². The van der Waals surface area contributed by atoms with E-state index in [1.807, 2.05) is 18.2 Å². The molecular formula is C22H23F3N6. The van der Waals surface area contributed by atoms with E-state index in [1.54, 1.807) is 0 Å². The minimum atomic E-state index is -4.48. The molecule has 1 aromatic heterocycles. The smallest absolute Gasteiger partial charge is 0.362 e. The molecule has 0 radical (unpaired) electrons. The van der Waals surface area contributed by atoms with Crippen LogP contribution in [0.4, 0.5) is 30.2 Å². The van der Waals surface area contributed by atoms with E-state index in [4.69, 9.17) is 0 Å². The Morgan fingerprint density at radius 3 is 2.42 bits per heavy atom. The van der Waals surface area contributed by atoms with Gasteiger partial charge in [0.1, 0.15) is 0 Å². The summed E-state index contributed by atoms with van der Waals surface area (Å²) in [6.45, 7) is 3.64. The normalized spacial score (nSPS) is 17.3. The molecule has 9 heteroatoms. The third-order valence-corrected chi connectivity index (χ3v) is 5.94. The molecule has 0 fully saturated rings. The van der Waals surface area contributed by atoms with Gasteiger partial charge in [0.2, 0.25) is 5.82 Å². The van der Waals surface area contributed by atoms with Gasteiger partial charge < -0.3 is 19.3 Å². The number of halogens is 3. The van der Waals surface area contributed by atoms with Gasteiger partial charge in [-0.2, -0.15) is 13.2 Å². The highest BCUT2D eigenvalue weighted by Crippen LogP contribution is 2.35. The zero-order valence-corrected chi connectivity index (χ0v) is 17.2. The summed E-state index contributed by atoms with van der Waals surface area (Å²) in [6, 6.07) is 16.6. The Kier molecular flexibility index (Phi) is 4.85. The van der Waals surface area contributed by atoms with Crippen molar-refractivity contribution in [1.82, 2.24) is 19.7 Å². The molecule has 2 aliphatic heterocycles. The largest absolute Gasteiger partial charge is 0.451 e. The Hall–Kier alpha value is -3.07. The molecule has 5 rings (SSSR count). The number of para-hydroxylation sites is 1. The first-order valence-corrected chi connectivity index (χ1v) is 10.3. The summed E-state index contributed by atoms with van der Waals surface area (Å²) < 4.78 is 40.6. The molecule has 2 aromatic carbocycles. The summed E-state index contributed by atoms with van der Waals surface area (Å²) in [7, 11) is 2.10. The van der Waals surface area contributed by atoms with Crippen LogP contribution in [0.3, 0.4) is 0 Å². The summed E-state index contributed by atoms with van der Waals surface area (Å²) in [5.74, 6) is -0.569. The highest BCUT2D eigenvalue weighted by molar-refractivity contribution is 5.70. The number of alkyl halides is 3. The lowest BCUT2D eigenvalue weighted by molar-refractivity contribution is -0.147. The van der Waals surface area contributed by atoms with E-state index in [0.29, 0.717) is 18.9 Å². The molecule has 0 saturated carbocycles. The summed E-state index contributed by atoms with van der Waals surface area (Å²) in [5.41, 5.74) is 4.51. The fraction of sp³-hybridized carbons (Fsp3) is 0.364. The first-order valence-electron chi connectivity index (χ1n) is 10.3. The van der Waals surface area contributed by atoms with Crippen LogP contribution in [0.2, 0.25) is 0 Å². The van der Waals surface area contributed by atoms with Crippen LogP contribution in [0.25, 0.3) is 0 Å². The first kappa shape index (κ1) is 19.9. The third-order valence-electron chi connectivity index (χ3n) is 5.94. The summed E-state index contributed by atoms with van der Waals surface area (Å²) in [4.78, 5) is 6.68. The SMILES string of the molecule is CN1CCN(c2ccccc2)c2ccc(N3CCn4c(nnc4C(F)(F)F)C3)cc2C1. The quantitative estimate of drug-likeness (QED) is 0.619. The second-order valence-electron chi connectivity index (χ2n) is 8.05. The standard InChI is InChI=1S/C22H23F3N6/c1-28-9-11-30(17-5-3-2-4-6-17)19-8-7-18(13-16(19)14-28)29-10-12-31-20(15-29)26-27-21(31)22(23,24)25/h2-8,13H,9-12,14-15H2,1H3. The van der Waals surface area contributed by atoms with Crippen molar-refractivity contribution >= 4 is 17.1 Å². The van der Waals surface area contributed by atoms with Gasteiger partial charge in [0.05, 0.1) is 6.54 Å². The number of likely N-dealkylation sites (N-methyl/N-ethyl adjacent to an activating group) is 1. The van der Waals surface area contributed by atoms with Crippen molar-refractivity contribution in [3.63, 3.8) is 0 Å². The molecule has 0 spiro atoms. The van der Waals surface area contributed by atoms with Crippen molar-refractivity contribution in [3.05, 3.63) is 65.7 Å². The third kappa shape index (κ3) is 3.74. The number of hydrogen-bond acceptors (Lipinski definition) is 5. The van der Waals surface area contributed by atoms with Gasteiger partial charge in [-0.1, -0.05) is 18.2 Å². The van der Waals surface area contributed by atoms with E-state index in [9.17, 15) is 13.2 Å². The molecule has 3 aromatic rings. The van der Waals surface area contributed by atoms with E-state index in [2.05, 4.69) is 62.3 Å². The number of rotatable bonds is 2. The highest BCUT2D eigenvalue weighted by Gasteiger charge is 2.39. The Morgan fingerprint density at radius 1 is 0.839 bits per heavy atom. The number of hydrogen-bond donors (Lipinski definition) is 0. The van der Waals surface area contributed by atoms with Crippen molar-refractivity contribution in [3.8, 4) is 0 Å². The summed E-state index contributed by atoms with van der Waals surface area (Å²) in [6.07, 6.45) is -4.48. The molecule has 0 unspecified atom stereocenters. The van der Waals surface area contributed by atoms with E-state index in [0.717, 1.165) is 31.0 Å². The Labute approximate surface area is 178 Å². The average Bonchev–Trinajstić information content (AvgIpc) is 3.11. The Balaban J connectivity index is 1.45. The molecule has 162 valence electrons. The molecule has 0 bridgehead atoms. The van der Waals surface area contributed by atoms with Gasteiger partial charge in [0, 0.05) is 49.8 Å². The minimum absolute atomic E-state index is 0.213. The zero-order chi connectivity index (χ0) is 21.6. The predicted molar refractivity (Wildman–Crippen MR) is 112 cm³/mol. The molecule has 2 aliphatic rings. The minimum Gasteiger partial charge on any atom is -0.362 e. The lowest BCUT2D eigenvalue weighted by Gasteiger charge is -2.31. The van der Waals surface area contributed by atoms with Gasteiger partial charge in [-0.15, -0.1) is 10.2 Å². The molecule has 0 amide bonds. The Morgan fingerprint density at radius 2 is 1.65 bits per heavy atom.